The summed E-state index contributed by atoms with van der Waals surface area (Å²) in [7, 11) is 0. The molecule has 12 nitrogen and oxygen atoms in total. The van der Waals surface area contributed by atoms with Crippen LogP contribution in [0.2, 0.25) is 0 Å². The van der Waals surface area contributed by atoms with E-state index in [4.69, 9.17) is 9.47 Å². The number of esters is 2. The van der Waals surface area contributed by atoms with E-state index in [-0.39, 0.29) is 41.2 Å². The Hall–Kier alpha value is -5.52. The highest BCUT2D eigenvalue weighted by molar-refractivity contribution is 5.95. The average Bonchev–Trinajstić information content (AvgIpc) is 3.18. The SMILES string of the molecule is CCC(CC)CCCOC(=O)c1ccc(Nc2nc(Nc3ccc(C(=O)NC(C)(C)C)cc3)nc(Nc3ccc(C(=O)OCCCC(CC)CC)cc3)n2)cc1. The summed E-state index contributed by atoms with van der Waals surface area (Å²) in [5, 5.41) is 12.6. The van der Waals surface area contributed by atoms with Crippen molar-refractivity contribution in [2.45, 2.75) is 105 Å². The maximum atomic E-state index is 12.7. The Balaban J connectivity index is 1.47. The van der Waals surface area contributed by atoms with Crippen molar-refractivity contribution in [3.63, 3.8) is 0 Å². The second-order valence-electron chi connectivity index (χ2n) is 15.0. The van der Waals surface area contributed by atoms with Crippen LogP contribution in [-0.2, 0) is 9.47 Å². The molecule has 0 saturated heterocycles. The highest BCUT2D eigenvalue weighted by atomic mass is 16.5. The van der Waals surface area contributed by atoms with Crippen LogP contribution < -0.4 is 21.3 Å². The molecule has 0 aliphatic carbocycles. The topological polar surface area (TPSA) is 156 Å². The molecule has 4 aromatic rings. The third kappa shape index (κ3) is 14.3. The quantitative estimate of drug-likeness (QED) is 0.0473. The van der Waals surface area contributed by atoms with Crippen LogP contribution in [0.4, 0.5) is 34.9 Å². The van der Waals surface area contributed by atoms with Gasteiger partial charge in [-0.1, -0.05) is 53.4 Å². The molecule has 300 valence electrons. The van der Waals surface area contributed by atoms with Gasteiger partial charge in [0.15, 0.2) is 0 Å². The third-order valence-electron chi connectivity index (χ3n) is 9.57. The summed E-state index contributed by atoms with van der Waals surface area (Å²) in [5.74, 6) is 1.11. The lowest BCUT2D eigenvalue weighted by Gasteiger charge is -2.20. The van der Waals surface area contributed by atoms with Gasteiger partial charge in [-0.05, 0) is 131 Å². The minimum atomic E-state index is -0.363. The van der Waals surface area contributed by atoms with Crippen molar-refractivity contribution < 1.29 is 23.9 Å². The number of amides is 1. The smallest absolute Gasteiger partial charge is 0.338 e. The molecule has 0 spiro atoms. The maximum absolute atomic E-state index is 12.7. The largest absolute Gasteiger partial charge is 0.462 e. The van der Waals surface area contributed by atoms with E-state index in [0.29, 0.717) is 58.8 Å². The van der Waals surface area contributed by atoms with Gasteiger partial charge in [0.25, 0.3) is 5.91 Å². The van der Waals surface area contributed by atoms with Gasteiger partial charge < -0.3 is 30.7 Å². The van der Waals surface area contributed by atoms with E-state index in [2.05, 4.69) is 63.9 Å². The molecule has 56 heavy (non-hydrogen) atoms. The number of aromatic nitrogens is 3. The summed E-state index contributed by atoms with van der Waals surface area (Å²) >= 11 is 0. The molecule has 3 aromatic carbocycles. The van der Waals surface area contributed by atoms with Gasteiger partial charge in [0, 0.05) is 28.2 Å². The lowest BCUT2D eigenvalue weighted by atomic mass is 9.98. The highest BCUT2D eigenvalue weighted by Crippen LogP contribution is 2.23. The summed E-state index contributed by atoms with van der Waals surface area (Å²) in [6.07, 6.45) is 8.29. The van der Waals surface area contributed by atoms with Gasteiger partial charge in [-0.15, -0.1) is 0 Å². The Morgan fingerprint density at radius 2 is 0.857 bits per heavy atom. The van der Waals surface area contributed by atoms with Gasteiger partial charge in [-0.2, -0.15) is 15.0 Å². The number of benzene rings is 3. The Kier molecular flexibility index (Phi) is 16.6. The molecule has 0 fully saturated rings. The minimum absolute atomic E-state index is 0.171. The summed E-state index contributed by atoms with van der Waals surface area (Å²) < 4.78 is 11.0. The van der Waals surface area contributed by atoms with Gasteiger partial charge in [0.2, 0.25) is 17.8 Å². The van der Waals surface area contributed by atoms with Gasteiger partial charge in [0.1, 0.15) is 0 Å². The van der Waals surface area contributed by atoms with Crippen molar-refractivity contribution in [3.05, 3.63) is 89.5 Å². The maximum Gasteiger partial charge on any atom is 0.338 e. The van der Waals surface area contributed by atoms with E-state index in [0.717, 1.165) is 51.4 Å². The van der Waals surface area contributed by atoms with Gasteiger partial charge in [0.05, 0.1) is 24.3 Å². The van der Waals surface area contributed by atoms with E-state index in [9.17, 15) is 14.4 Å². The molecule has 1 amide bonds. The second-order valence-corrected chi connectivity index (χ2v) is 15.0. The third-order valence-corrected chi connectivity index (χ3v) is 9.57. The molecule has 4 N–H and O–H groups in total. The van der Waals surface area contributed by atoms with E-state index in [1.54, 1.807) is 72.8 Å². The molecule has 0 saturated carbocycles. The first kappa shape index (κ1) is 43.2. The van der Waals surface area contributed by atoms with Crippen LogP contribution in [0, 0.1) is 11.8 Å². The van der Waals surface area contributed by atoms with Crippen LogP contribution in [0.1, 0.15) is 131 Å². The Bertz CT molecular complexity index is 1740. The van der Waals surface area contributed by atoms with Crippen LogP contribution in [0.3, 0.4) is 0 Å². The van der Waals surface area contributed by atoms with Crippen molar-refractivity contribution >= 4 is 52.8 Å². The van der Waals surface area contributed by atoms with E-state index in [1.807, 2.05) is 20.8 Å². The molecule has 1 heterocycles. The standard InChI is InChI=1S/C44H59N7O5/c1-8-30(9-2)14-12-28-55-39(53)33-18-24-36(25-19-33)46-42-48-41(45-35-22-16-32(17-23-35)38(52)51-44(5,6)7)49-43(50-42)47-37-26-20-34(21-27-37)40(54)56-29-13-15-31(10-3)11-4/h16-27,30-31H,8-15,28-29H2,1-7H3,(H,51,52)(H3,45,46,47,48,49,50). The number of nitrogens with one attached hydrogen (secondary N) is 4. The summed E-state index contributed by atoms with van der Waals surface area (Å²) in [6.45, 7) is 15.3. The Labute approximate surface area is 332 Å². The molecule has 0 unspecified atom stereocenters. The fourth-order valence-corrected chi connectivity index (χ4v) is 6.06. The molecular weight excluding hydrogens is 707 g/mol. The first-order valence-corrected chi connectivity index (χ1v) is 19.9. The van der Waals surface area contributed by atoms with Crippen LogP contribution >= 0.6 is 0 Å². The van der Waals surface area contributed by atoms with Crippen LogP contribution in [0.15, 0.2) is 72.8 Å². The summed E-state index contributed by atoms with van der Waals surface area (Å²) in [5.41, 5.74) is 3.02. The van der Waals surface area contributed by atoms with Gasteiger partial charge >= 0.3 is 11.9 Å². The first-order valence-electron chi connectivity index (χ1n) is 19.9. The fourth-order valence-electron chi connectivity index (χ4n) is 6.06. The Morgan fingerprint density at radius 1 is 0.536 bits per heavy atom. The number of rotatable bonds is 21. The predicted octanol–water partition coefficient (Wildman–Crippen LogP) is 10.4. The van der Waals surface area contributed by atoms with Crippen molar-refractivity contribution in [1.82, 2.24) is 20.3 Å². The lowest BCUT2D eigenvalue weighted by Crippen LogP contribution is -2.40. The number of carbonyl (C=O) groups is 3. The molecule has 0 aliphatic rings. The molecule has 1 aromatic heterocycles. The summed E-state index contributed by atoms with van der Waals surface area (Å²) in [6, 6.07) is 20.8. The number of hydrogen-bond acceptors (Lipinski definition) is 11. The summed E-state index contributed by atoms with van der Waals surface area (Å²) in [4.78, 5) is 51.8. The van der Waals surface area contributed by atoms with Crippen molar-refractivity contribution in [2.75, 3.05) is 29.2 Å². The molecular formula is C44H59N7O5. The van der Waals surface area contributed by atoms with Crippen LogP contribution in [0.25, 0.3) is 0 Å². The first-order chi connectivity index (χ1) is 26.9. The number of carbonyl (C=O) groups excluding carboxylic acids is 3. The van der Waals surface area contributed by atoms with Crippen LogP contribution in [-0.4, -0.2) is 51.6 Å². The Morgan fingerprint density at radius 3 is 1.16 bits per heavy atom. The zero-order valence-corrected chi connectivity index (χ0v) is 34.0. The van der Waals surface area contributed by atoms with Gasteiger partial charge in [-0.25, -0.2) is 9.59 Å². The molecule has 0 radical (unpaired) electrons. The molecule has 12 heteroatoms. The zero-order valence-electron chi connectivity index (χ0n) is 34.0. The number of nitrogens with zero attached hydrogens (tertiary/aromatic N) is 3. The van der Waals surface area contributed by atoms with E-state index in [1.165, 1.54) is 0 Å². The number of anilines is 6. The zero-order chi connectivity index (χ0) is 40.5. The normalized spacial score (nSPS) is 11.3. The lowest BCUT2D eigenvalue weighted by molar-refractivity contribution is 0.0484. The average molecular weight is 766 g/mol. The highest BCUT2D eigenvalue weighted by Gasteiger charge is 2.16. The second kappa shape index (κ2) is 21.5. The van der Waals surface area contributed by atoms with E-state index >= 15 is 0 Å². The molecule has 0 bridgehead atoms. The number of ether oxygens (including phenoxy) is 2. The molecule has 0 atom stereocenters. The van der Waals surface area contributed by atoms with Crippen molar-refractivity contribution in [1.29, 1.82) is 0 Å². The van der Waals surface area contributed by atoms with Crippen LogP contribution in [0.5, 0.6) is 0 Å². The van der Waals surface area contributed by atoms with Crippen molar-refractivity contribution in [3.8, 4) is 0 Å². The predicted molar refractivity (Wildman–Crippen MR) is 223 cm³/mol. The van der Waals surface area contributed by atoms with E-state index < -0.39 is 0 Å². The van der Waals surface area contributed by atoms with Gasteiger partial charge in [-0.3, -0.25) is 4.79 Å². The van der Waals surface area contributed by atoms with Crippen molar-refractivity contribution in [2.24, 2.45) is 11.8 Å². The molecule has 0 aliphatic heterocycles. The minimum Gasteiger partial charge on any atom is -0.462 e. The number of hydrogen-bond donors (Lipinski definition) is 4. The monoisotopic (exact) mass is 765 g/mol. The molecule has 4 rings (SSSR count). The fraction of sp³-hybridized carbons (Fsp3) is 0.455.